The Bertz CT molecular complexity index is 113. The summed E-state index contributed by atoms with van der Waals surface area (Å²) in [5, 5.41) is 16.3. The zero-order valence-corrected chi connectivity index (χ0v) is 4.65. The lowest BCUT2D eigenvalue weighted by atomic mass is 10.6. The van der Waals surface area contributed by atoms with Crippen LogP contribution >= 0.6 is 0 Å². The maximum atomic E-state index is 10.1. The molecule has 0 spiro atoms. The molecule has 0 unspecified atom stereocenters. The zero-order valence-electron chi connectivity index (χ0n) is 4.65. The van der Waals surface area contributed by atoms with Gasteiger partial charge in [-0.25, -0.2) is 4.79 Å². The molecule has 0 radical (unpaired) electrons. The molecule has 0 aliphatic carbocycles. The highest BCUT2D eigenvalue weighted by atomic mass is 17.1. The topological polar surface area (TPSA) is 70.0 Å². The minimum absolute atomic E-state index is 0.0839. The third kappa shape index (κ3) is 2.68. The Balaban J connectivity index is 3.58. The average Bonchev–Trinajstić information content (AvgIpc) is 1.87. The van der Waals surface area contributed by atoms with Crippen molar-refractivity contribution in [1.29, 1.82) is 0 Å². The van der Waals surface area contributed by atoms with Gasteiger partial charge in [0, 0.05) is 0 Å². The molecular formula is C4H7NO4. The highest BCUT2D eigenvalue weighted by molar-refractivity contribution is 5.65. The number of hydrogen-bond donors (Lipinski definition) is 2. The van der Waals surface area contributed by atoms with Gasteiger partial charge in [0.1, 0.15) is 0 Å². The second-order valence-corrected chi connectivity index (χ2v) is 1.23. The number of nitrogens with zero attached hydrogens (tertiary/aromatic N) is 1. The highest BCUT2D eigenvalue weighted by Crippen LogP contribution is 1.85. The lowest BCUT2D eigenvalue weighted by Crippen LogP contribution is -2.27. The second-order valence-electron chi connectivity index (χ2n) is 1.23. The molecule has 0 atom stereocenters. The first-order valence-corrected chi connectivity index (χ1v) is 2.15. The number of carbonyl (C=O) groups excluding carboxylic acids is 1. The first kappa shape index (κ1) is 7.93. The van der Waals surface area contributed by atoms with Crippen molar-refractivity contribution in [2.45, 2.75) is 0 Å². The number of amides is 1. The molecule has 0 fully saturated rings. The summed E-state index contributed by atoms with van der Waals surface area (Å²) < 4.78 is 0. The van der Waals surface area contributed by atoms with E-state index in [9.17, 15) is 4.79 Å². The molecule has 5 nitrogen and oxygen atoms in total. The first-order chi connectivity index (χ1) is 4.22. The first-order valence-electron chi connectivity index (χ1n) is 2.15. The van der Waals surface area contributed by atoms with Crippen LogP contribution in [-0.2, 0) is 4.89 Å². The van der Waals surface area contributed by atoms with Gasteiger partial charge in [-0.05, 0) is 0 Å². The van der Waals surface area contributed by atoms with Crippen LogP contribution in [0.5, 0.6) is 0 Å². The highest BCUT2D eigenvalue weighted by Gasteiger charge is 2.08. The Kier molecular flexibility index (Phi) is 3.41. The SMILES string of the molecule is C=CCN(O)C(=O)OO. The molecule has 0 aromatic carbocycles. The Hall–Kier alpha value is -1.07. The van der Waals surface area contributed by atoms with Crippen LogP contribution in [0.4, 0.5) is 4.79 Å². The third-order valence-corrected chi connectivity index (χ3v) is 0.591. The van der Waals surface area contributed by atoms with Gasteiger partial charge in [0.05, 0.1) is 6.54 Å². The molecule has 9 heavy (non-hydrogen) atoms. The van der Waals surface area contributed by atoms with E-state index in [0.29, 0.717) is 0 Å². The molecule has 0 aliphatic heterocycles. The summed E-state index contributed by atoms with van der Waals surface area (Å²) >= 11 is 0. The van der Waals surface area contributed by atoms with E-state index in [2.05, 4.69) is 11.5 Å². The number of hydrogen-bond acceptors (Lipinski definition) is 4. The van der Waals surface area contributed by atoms with Crippen LogP contribution in [0.15, 0.2) is 12.7 Å². The van der Waals surface area contributed by atoms with E-state index in [1.807, 2.05) is 0 Å². The van der Waals surface area contributed by atoms with Crippen LogP contribution in [0.1, 0.15) is 0 Å². The van der Waals surface area contributed by atoms with Crippen LogP contribution in [0, 0.1) is 0 Å². The van der Waals surface area contributed by atoms with Gasteiger partial charge in [0.2, 0.25) is 0 Å². The van der Waals surface area contributed by atoms with E-state index >= 15 is 0 Å². The molecule has 0 aliphatic rings. The van der Waals surface area contributed by atoms with Crippen molar-refractivity contribution >= 4 is 6.09 Å². The summed E-state index contributed by atoms with van der Waals surface area (Å²) in [5.74, 6) is 0. The number of rotatable bonds is 2. The van der Waals surface area contributed by atoms with Crippen molar-refractivity contribution in [3.63, 3.8) is 0 Å². The molecule has 52 valence electrons. The van der Waals surface area contributed by atoms with E-state index in [1.54, 1.807) is 0 Å². The molecule has 0 saturated heterocycles. The molecule has 0 aromatic rings. The van der Waals surface area contributed by atoms with Crippen molar-refractivity contribution < 1.29 is 20.1 Å². The maximum Gasteiger partial charge on any atom is 0.465 e. The summed E-state index contributed by atoms with van der Waals surface area (Å²) in [7, 11) is 0. The summed E-state index contributed by atoms with van der Waals surface area (Å²) in [6.45, 7) is 3.14. The van der Waals surface area contributed by atoms with Gasteiger partial charge in [-0.15, -0.1) is 6.58 Å². The normalized spacial score (nSPS) is 8.22. The predicted octanol–water partition coefficient (Wildman–Crippen LogP) is 0.473. The zero-order chi connectivity index (χ0) is 7.28. The summed E-state index contributed by atoms with van der Waals surface area (Å²) in [4.78, 5) is 13.2. The van der Waals surface area contributed by atoms with Crippen molar-refractivity contribution in [1.82, 2.24) is 5.06 Å². The Morgan fingerprint density at radius 1 is 1.89 bits per heavy atom. The standard InChI is InChI=1S/C4H7NO4/c1-2-3-5(7)4(6)9-8/h2,7-8H,1,3H2. The minimum atomic E-state index is -1.23. The van der Waals surface area contributed by atoms with Crippen LogP contribution in [0.2, 0.25) is 0 Å². The van der Waals surface area contributed by atoms with E-state index in [4.69, 9.17) is 10.5 Å². The summed E-state index contributed by atoms with van der Waals surface area (Å²) in [6, 6.07) is 0. The fourth-order valence-electron chi connectivity index (χ4n) is 0.244. The predicted molar refractivity (Wildman–Crippen MR) is 27.8 cm³/mol. The van der Waals surface area contributed by atoms with Crippen molar-refractivity contribution in [3.05, 3.63) is 12.7 Å². The van der Waals surface area contributed by atoms with E-state index < -0.39 is 6.09 Å². The van der Waals surface area contributed by atoms with E-state index in [1.165, 1.54) is 6.08 Å². The van der Waals surface area contributed by atoms with Gasteiger partial charge >= 0.3 is 6.09 Å². The monoisotopic (exact) mass is 133 g/mol. The van der Waals surface area contributed by atoms with Gasteiger partial charge in [-0.2, -0.15) is 10.3 Å². The fraction of sp³-hybridized carbons (Fsp3) is 0.250. The maximum absolute atomic E-state index is 10.1. The fourth-order valence-corrected chi connectivity index (χ4v) is 0.244. The molecule has 2 N–H and O–H groups in total. The van der Waals surface area contributed by atoms with Gasteiger partial charge in [-0.1, -0.05) is 6.08 Å². The molecule has 0 bridgehead atoms. The second kappa shape index (κ2) is 3.88. The Morgan fingerprint density at radius 2 is 2.44 bits per heavy atom. The van der Waals surface area contributed by atoms with Crippen molar-refractivity contribution in [3.8, 4) is 0 Å². The van der Waals surface area contributed by atoms with Crippen LogP contribution in [-0.4, -0.2) is 28.2 Å². The smallest absolute Gasteiger partial charge is 0.283 e. The summed E-state index contributed by atoms with van der Waals surface area (Å²) in [5.41, 5.74) is 0. The van der Waals surface area contributed by atoms with Crippen molar-refractivity contribution in [2.24, 2.45) is 0 Å². The van der Waals surface area contributed by atoms with E-state index in [0.717, 1.165) is 0 Å². The van der Waals surface area contributed by atoms with Crippen LogP contribution in [0.25, 0.3) is 0 Å². The molecule has 0 saturated carbocycles. The largest absolute Gasteiger partial charge is 0.465 e. The number of hydroxylamine groups is 2. The Labute approximate surface area is 51.7 Å². The Morgan fingerprint density at radius 3 is 2.78 bits per heavy atom. The molecule has 0 aromatic heterocycles. The lowest BCUT2D eigenvalue weighted by Gasteiger charge is -2.07. The van der Waals surface area contributed by atoms with Gasteiger partial charge in [0.25, 0.3) is 0 Å². The quantitative estimate of drug-likeness (QED) is 0.248. The van der Waals surface area contributed by atoms with Gasteiger partial charge in [0.15, 0.2) is 0 Å². The molecule has 1 amide bonds. The lowest BCUT2D eigenvalue weighted by molar-refractivity contribution is -0.213. The van der Waals surface area contributed by atoms with Crippen LogP contribution < -0.4 is 0 Å². The van der Waals surface area contributed by atoms with Gasteiger partial charge in [-0.3, -0.25) is 10.1 Å². The summed E-state index contributed by atoms with van der Waals surface area (Å²) in [6.07, 6.45) is 0.0478. The minimum Gasteiger partial charge on any atom is -0.283 e. The molecule has 5 heteroatoms. The molecule has 0 rings (SSSR count). The molecule has 0 heterocycles. The van der Waals surface area contributed by atoms with Crippen molar-refractivity contribution in [2.75, 3.05) is 6.54 Å². The van der Waals surface area contributed by atoms with E-state index in [-0.39, 0.29) is 11.6 Å². The van der Waals surface area contributed by atoms with Crippen LogP contribution in [0.3, 0.4) is 0 Å². The van der Waals surface area contributed by atoms with Gasteiger partial charge < -0.3 is 0 Å². The number of carbonyl (C=O) groups is 1. The average molecular weight is 133 g/mol. The third-order valence-electron chi connectivity index (χ3n) is 0.591. The molecular weight excluding hydrogens is 126 g/mol.